The summed E-state index contributed by atoms with van der Waals surface area (Å²) < 4.78 is 30.8. The predicted octanol–water partition coefficient (Wildman–Crippen LogP) is 3.30. The summed E-state index contributed by atoms with van der Waals surface area (Å²) in [5, 5.41) is 8.26. The van der Waals surface area contributed by atoms with E-state index in [4.69, 9.17) is 14.7 Å². The smallest absolute Gasteiger partial charge is 0.228 e. The first-order valence-corrected chi connectivity index (χ1v) is 13.9. The van der Waals surface area contributed by atoms with Crippen molar-refractivity contribution in [1.29, 1.82) is 0 Å². The van der Waals surface area contributed by atoms with Crippen LogP contribution >= 0.6 is 0 Å². The van der Waals surface area contributed by atoms with Crippen LogP contribution in [-0.4, -0.2) is 63.0 Å². The normalized spacial score (nSPS) is 18.2. The molecule has 35 heavy (non-hydrogen) atoms. The highest BCUT2D eigenvalue weighted by molar-refractivity contribution is 7.91. The van der Waals surface area contributed by atoms with Crippen LogP contribution in [-0.2, 0) is 21.1 Å². The van der Waals surface area contributed by atoms with Crippen molar-refractivity contribution >= 4 is 32.5 Å². The molecule has 2 aliphatic rings. The molecule has 1 aromatic heterocycles. The summed E-state index contributed by atoms with van der Waals surface area (Å²) in [5.41, 5.74) is 2.86. The van der Waals surface area contributed by atoms with Crippen molar-refractivity contribution in [3.8, 4) is 0 Å². The summed E-state index contributed by atoms with van der Waals surface area (Å²) in [7, 11) is -1.61. The lowest BCUT2D eigenvalue weighted by Gasteiger charge is -2.23. The average molecular weight is 496 g/mol. The second kappa shape index (κ2) is 9.72. The highest BCUT2D eigenvalue weighted by Gasteiger charge is 2.41. The Morgan fingerprint density at radius 2 is 1.97 bits per heavy atom. The first kappa shape index (κ1) is 24.0. The third-order valence-corrected chi connectivity index (χ3v) is 8.68. The zero-order valence-electron chi connectivity index (χ0n) is 20.4. The Morgan fingerprint density at radius 1 is 1.14 bits per heavy atom. The van der Waals surface area contributed by atoms with Crippen molar-refractivity contribution in [2.75, 3.05) is 49.3 Å². The van der Waals surface area contributed by atoms with Crippen molar-refractivity contribution in [2.45, 2.75) is 43.2 Å². The van der Waals surface area contributed by atoms with Crippen molar-refractivity contribution in [3.63, 3.8) is 0 Å². The molecule has 5 rings (SSSR count). The van der Waals surface area contributed by atoms with E-state index in [1.807, 2.05) is 29.2 Å². The molecule has 0 bridgehead atoms. The molecule has 2 heterocycles. The molecule has 9 heteroatoms. The predicted molar refractivity (Wildman–Crippen MR) is 139 cm³/mol. The van der Waals surface area contributed by atoms with E-state index in [1.165, 1.54) is 0 Å². The van der Waals surface area contributed by atoms with Gasteiger partial charge in [-0.2, -0.15) is 4.98 Å². The topological polar surface area (TPSA) is 96.5 Å². The van der Waals surface area contributed by atoms with Gasteiger partial charge in [-0.3, -0.25) is 0 Å². The van der Waals surface area contributed by atoms with Crippen molar-refractivity contribution in [1.82, 2.24) is 15.3 Å². The zero-order chi connectivity index (χ0) is 24.5. The van der Waals surface area contributed by atoms with Gasteiger partial charge in [-0.05, 0) is 56.5 Å². The summed E-state index contributed by atoms with van der Waals surface area (Å²) in [4.78, 5) is 12.2. The Balaban J connectivity index is 1.43. The molecule has 1 aliphatic carbocycles. The fourth-order valence-corrected chi connectivity index (χ4v) is 6.13. The molecule has 2 N–H and O–H groups in total. The molecule has 0 saturated heterocycles. The minimum absolute atomic E-state index is 0.0383. The second-order valence-corrected chi connectivity index (χ2v) is 11.7. The largest absolute Gasteiger partial charge is 0.385 e. The molecule has 8 nitrogen and oxygen atoms in total. The lowest BCUT2D eigenvalue weighted by molar-refractivity contribution is 0.193. The maximum Gasteiger partial charge on any atom is 0.228 e. The Kier molecular flexibility index (Phi) is 6.65. The standard InChI is InChI=1S/C26H33N5O3S/c1-19-8-9-22-21(16-19)24(27-18-26(10-11-26)28-12-5-14-34-2)30-25(29-22)31-13-15-35(32,33)23-7-4-3-6-20(23)17-31/h3-4,6-9,16,28H,5,10-15,17-18H2,1-2H3,(H,27,29,30). The fraction of sp³-hybridized carbons (Fsp3) is 0.462. The number of aromatic nitrogens is 2. The number of aryl methyl sites for hydroxylation is 1. The van der Waals surface area contributed by atoms with E-state index in [9.17, 15) is 8.42 Å². The van der Waals surface area contributed by atoms with Gasteiger partial charge in [0.2, 0.25) is 5.95 Å². The number of anilines is 2. The van der Waals surface area contributed by atoms with E-state index in [1.54, 1.807) is 19.2 Å². The second-order valence-electron chi connectivity index (χ2n) is 9.65. The van der Waals surface area contributed by atoms with Gasteiger partial charge >= 0.3 is 0 Å². The molecule has 0 amide bonds. The van der Waals surface area contributed by atoms with Crippen molar-refractivity contribution < 1.29 is 13.2 Å². The molecule has 1 saturated carbocycles. The Hall–Kier alpha value is -2.75. The van der Waals surface area contributed by atoms with Gasteiger partial charge in [-0.25, -0.2) is 13.4 Å². The van der Waals surface area contributed by atoms with Crippen LogP contribution < -0.4 is 15.5 Å². The molecular weight excluding hydrogens is 462 g/mol. The number of ether oxygens (including phenoxy) is 1. The molecule has 0 radical (unpaired) electrons. The zero-order valence-corrected chi connectivity index (χ0v) is 21.2. The highest BCUT2D eigenvalue weighted by atomic mass is 32.2. The van der Waals surface area contributed by atoms with Gasteiger partial charge in [0.1, 0.15) is 5.82 Å². The van der Waals surface area contributed by atoms with Gasteiger partial charge in [0.15, 0.2) is 9.84 Å². The maximum atomic E-state index is 12.8. The van der Waals surface area contributed by atoms with Gasteiger partial charge in [0, 0.05) is 44.3 Å². The number of nitrogens with zero attached hydrogens (tertiary/aromatic N) is 3. The quantitative estimate of drug-likeness (QED) is 0.437. The van der Waals surface area contributed by atoms with E-state index < -0.39 is 9.84 Å². The number of fused-ring (bicyclic) bond motifs is 2. The third kappa shape index (κ3) is 5.27. The average Bonchev–Trinajstić information content (AvgIpc) is 3.64. The van der Waals surface area contributed by atoms with E-state index in [0.717, 1.165) is 66.8 Å². The first-order chi connectivity index (χ1) is 16.9. The Labute approximate surface area is 207 Å². The number of sulfone groups is 1. The van der Waals surface area contributed by atoms with Crippen LogP contribution in [0, 0.1) is 6.92 Å². The monoisotopic (exact) mass is 495 g/mol. The summed E-state index contributed by atoms with van der Waals surface area (Å²) in [6, 6.07) is 13.4. The molecule has 3 aromatic rings. The van der Waals surface area contributed by atoms with Crippen LogP contribution in [0.5, 0.6) is 0 Å². The molecule has 2 aromatic carbocycles. The Morgan fingerprint density at radius 3 is 2.77 bits per heavy atom. The number of rotatable bonds is 9. The van der Waals surface area contributed by atoms with Crippen molar-refractivity contribution in [2.24, 2.45) is 0 Å². The van der Waals surface area contributed by atoms with Crippen LogP contribution in [0.3, 0.4) is 0 Å². The van der Waals surface area contributed by atoms with Gasteiger partial charge in [-0.15, -0.1) is 0 Å². The highest BCUT2D eigenvalue weighted by Crippen LogP contribution is 2.36. The maximum absolute atomic E-state index is 12.8. The number of nitrogens with one attached hydrogen (secondary N) is 2. The summed E-state index contributed by atoms with van der Waals surface area (Å²) in [6.45, 7) is 5.32. The SMILES string of the molecule is COCCCNC1(CNc2nc(N3CCS(=O)(=O)c4ccccc4C3)nc3ccc(C)cc23)CC1. The molecule has 1 fully saturated rings. The van der Waals surface area contributed by atoms with E-state index >= 15 is 0 Å². The van der Waals surface area contributed by atoms with Crippen LogP contribution in [0.4, 0.5) is 11.8 Å². The number of hydrogen-bond acceptors (Lipinski definition) is 8. The van der Waals surface area contributed by atoms with Gasteiger partial charge in [0.25, 0.3) is 0 Å². The molecule has 0 atom stereocenters. The van der Waals surface area contributed by atoms with E-state index in [2.05, 4.69) is 23.6 Å². The number of hydrogen-bond donors (Lipinski definition) is 2. The summed E-state index contributed by atoms with van der Waals surface area (Å²) >= 11 is 0. The molecular formula is C26H33N5O3S. The summed E-state index contributed by atoms with van der Waals surface area (Å²) in [5.74, 6) is 1.38. The molecule has 1 aliphatic heterocycles. The van der Waals surface area contributed by atoms with Crippen LogP contribution in [0.2, 0.25) is 0 Å². The van der Waals surface area contributed by atoms with E-state index in [-0.39, 0.29) is 11.3 Å². The third-order valence-electron chi connectivity index (χ3n) is 6.89. The van der Waals surface area contributed by atoms with Crippen molar-refractivity contribution in [3.05, 3.63) is 53.6 Å². The molecule has 186 valence electrons. The van der Waals surface area contributed by atoms with Gasteiger partial charge in [0.05, 0.1) is 16.2 Å². The Bertz CT molecular complexity index is 1320. The first-order valence-electron chi connectivity index (χ1n) is 12.2. The fourth-order valence-electron chi connectivity index (χ4n) is 4.63. The molecule has 0 unspecified atom stereocenters. The van der Waals surface area contributed by atoms with Gasteiger partial charge < -0.3 is 20.3 Å². The van der Waals surface area contributed by atoms with Crippen LogP contribution in [0.15, 0.2) is 47.4 Å². The van der Waals surface area contributed by atoms with Crippen LogP contribution in [0.25, 0.3) is 10.9 Å². The summed E-state index contributed by atoms with van der Waals surface area (Å²) in [6.07, 6.45) is 3.24. The minimum Gasteiger partial charge on any atom is -0.385 e. The molecule has 0 spiro atoms. The lowest BCUT2D eigenvalue weighted by atomic mass is 10.1. The van der Waals surface area contributed by atoms with Crippen LogP contribution in [0.1, 0.15) is 30.4 Å². The number of benzene rings is 2. The van der Waals surface area contributed by atoms with Gasteiger partial charge in [-0.1, -0.05) is 29.8 Å². The minimum atomic E-state index is -3.34. The van der Waals surface area contributed by atoms with E-state index in [0.29, 0.717) is 23.9 Å². The lowest BCUT2D eigenvalue weighted by Crippen LogP contribution is -2.39. The number of methoxy groups -OCH3 is 1.